The van der Waals surface area contributed by atoms with Gasteiger partial charge in [0.15, 0.2) is 0 Å². The quantitative estimate of drug-likeness (QED) is 0.855. The molecule has 0 radical (unpaired) electrons. The summed E-state index contributed by atoms with van der Waals surface area (Å²) < 4.78 is 1.18. The predicted octanol–water partition coefficient (Wildman–Crippen LogP) is 1.81. The lowest BCUT2D eigenvalue weighted by molar-refractivity contribution is -0.122. The van der Waals surface area contributed by atoms with E-state index in [1.165, 1.54) is 8.66 Å². The molecule has 2 N–H and O–H groups in total. The number of hydrogen-bond acceptors (Lipinski definition) is 4. The summed E-state index contributed by atoms with van der Waals surface area (Å²) in [4.78, 5) is 14.9. The lowest BCUT2D eigenvalue weighted by Crippen LogP contribution is -2.45. The van der Waals surface area contributed by atoms with E-state index in [2.05, 4.69) is 43.6 Å². The smallest absolute Gasteiger partial charge is 0.233 e. The molecule has 1 aromatic rings. The highest BCUT2D eigenvalue weighted by Gasteiger charge is 2.20. The summed E-state index contributed by atoms with van der Waals surface area (Å²) in [6, 6.07) is 4.82. The number of nitrogens with one attached hydrogen (secondary N) is 2. The zero-order valence-electron chi connectivity index (χ0n) is 11.1. The van der Waals surface area contributed by atoms with Crippen LogP contribution in [0.1, 0.15) is 17.7 Å². The molecule has 0 aliphatic carbocycles. The van der Waals surface area contributed by atoms with Crippen LogP contribution < -0.4 is 10.6 Å². The molecule has 0 bridgehead atoms. The average molecular weight is 346 g/mol. The topological polar surface area (TPSA) is 44.4 Å². The van der Waals surface area contributed by atoms with Gasteiger partial charge in [0.2, 0.25) is 5.91 Å². The van der Waals surface area contributed by atoms with Crippen molar-refractivity contribution in [1.82, 2.24) is 15.5 Å². The monoisotopic (exact) mass is 345 g/mol. The van der Waals surface area contributed by atoms with Crippen molar-refractivity contribution in [1.29, 1.82) is 0 Å². The van der Waals surface area contributed by atoms with E-state index in [0.717, 1.165) is 32.5 Å². The molecule has 1 aliphatic heterocycles. The minimum Gasteiger partial charge on any atom is -0.358 e. The maximum absolute atomic E-state index is 11.3. The molecule has 1 fully saturated rings. The summed E-state index contributed by atoms with van der Waals surface area (Å²) in [5.41, 5.74) is 0. The number of likely N-dealkylation sites (tertiary alicyclic amines) is 1. The van der Waals surface area contributed by atoms with Gasteiger partial charge in [-0.2, -0.15) is 0 Å². The van der Waals surface area contributed by atoms with Gasteiger partial charge in [0.25, 0.3) is 0 Å². The van der Waals surface area contributed by atoms with Crippen molar-refractivity contribution < 1.29 is 4.79 Å². The second-order valence-electron chi connectivity index (χ2n) is 4.81. The third-order valence-corrected chi connectivity index (χ3v) is 5.05. The molecule has 0 aromatic carbocycles. The molecule has 1 aliphatic rings. The molecule has 0 unspecified atom stereocenters. The number of rotatable bonds is 5. The van der Waals surface area contributed by atoms with Crippen molar-refractivity contribution in [2.24, 2.45) is 0 Å². The van der Waals surface area contributed by atoms with Crippen LogP contribution in [-0.4, -0.2) is 43.5 Å². The van der Waals surface area contributed by atoms with E-state index in [4.69, 9.17) is 0 Å². The van der Waals surface area contributed by atoms with Gasteiger partial charge >= 0.3 is 0 Å². The number of hydrogen-bond donors (Lipinski definition) is 2. The molecule has 1 aromatic heterocycles. The van der Waals surface area contributed by atoms with Crippen LogP contribution in [0.2, 0.25) is 0 Å². The molecule has 2 heterocycles. The van der Waals surface area contributed by atoms with Gasteiger partial charge in [-0.25, -0.2) is 0 Å². The number of halogens is 1. The number of nitrogens with zero attached hydrogens (tertiary/aromatic N) is 1. The van der Waals surface area contributed by atoms with Crippen molar-refractivity contribution in [3.63, 3.8) is 0 Å². The fourth-order valence-corrected chi connectivity index (χ4v) is 3.70. The highest BCUT2D eigenvalue weighted by Crippen LogP contribution is 2.22. The normalized spacial score (nSPS) is 17.6. The van der Waals surface area contributed by atoms with Gasteiger partial charge in [0.1, 0.15) is 0 Å². The Morgan fingerprint density at radius 1 is 1.47 bits per heavy atom. The zero-order valence-corrected chi connectivity index (χ0v) is 13.5. The van der Waals surface area contributed by atoms with Crippen LogP contribution in [0.3, 0.4) is 0 Å². The van der Waals surface area contributed by atoms with Crippen molar-refractivity contribution in [2.75, 3.05) is 26.7 Å². The van der Waals surface area contributed by atoms with Gasteiger partial charge in [0.05, 0.1) is 10.3 Å². The zero-order chi connectivity index (χ0) is 13.7. The Bertz CT molecular complexity index is 416. The summed E-state index contributed by atoms with van der Waals surface area (Å²) in [7, 11) is 1.69. The van der Waals surface area contributed by atoms with Gasteiger partial charge in [-0.1, -0.05) is 0 Å². The third-order valence-electron chi connectivity index (χ3n) is 3.43. The largest absolute Gasteiger partial charge is 0.358 e. The predicted molar refractivity (Wildman–Crippen MR) is 82.4 cm³/mol. The van der Waals surface area contributed by atoms with E-state index in [1.54, 1.807) is 18.4 Å². The molecule has 0 saturated carbocycles. The van der Waals surface area contributed by atoms with E-state index in [1.807, 2.05) is 0 Å². The molecular formula is C13H20BrN3OS. The standard InChI is InChI=1S/C13H20BrN3OS/c1-15-13(18)9-17-6-4-10(5-7-17)16-8-11-2-3-12(14)19-11/h2-3,10,16H,4-9H2,1H3,(H,15,18). The van der Waals surface area contributed by atoms with Gasteiger partial charge in [-0.3, -0.25) is 9.69 Å². The fourth-order valence-electron chi connectivity index (χ4n) is 2.27. The molecule has 106 valence electrons. The van der Waals surface area contributed by atoms with Gasteiger partial charge < -0.3 is 10.6 Å². The number of carbonyl (C=O) groups excluding carboxylic acids is 1. The summed E-state index contributed by atoms with van der Waals surface area (Å²) >= 11 is 5.26. The molecule has 19 heavy (non-hydrogen) atoms. The third kappa shape index (κ3) is 4.87. The van der Waals surface area contributed by atoms with Crippen molar-refractivity contribution in [3.05, 3.63) is 20.8 Å². The lowest BCUT2D eigenvalue weighted by Gasteiger charge is -2.31. The van der Waals surface area contributed by atoms with E-state index in [0.29, 0.717) is 12.6 Å². The molecule has 0 spiro atoms. The Kier molecular flexibility index (Phi) is 5.81. The maximum atomic E-state index is 11.3. The summed E-state index contributed by atoms with van der Waals surface area (Å²) in [5, 5.41) is 6.27. The first kappa shape index (κ1) is 15.0. The van der Waals surface area contributed by atoms with Crippen molar-refractivity contribution in [3.8, 4) is 0 Å². The van der Waals surface area contributed by atoms with Gasteiger partial charge in [-0.05, 0) is 40.9 Å². The number of piperidine rings is 1. The van der Waals surface area contributed by atoms with Crippen LogP contribution in [0.5, 0.6) is 0 Å². The molecule has 2 rings (SSSR count). The molecule has 0 atom stereocenters. The van der Waals surface area contributed by atoms with E-state index >= 15 is 0 Å². The van der Waals surface area contributed by atoms with E-state index < -0.39 is 0 Å². The average Bonchev–Trinajstić information content (AvgIpc) is 2.83. The molecule has 1 saturated heterocycles. The first-order valence-electron chi connectivity index (χ1n) is 6.58. The maximum Gasteiger partial charge on any atom is 0.233 e. The highest BCUT2D eigenvalue weighted by molar-refractivity contribution is 9.11. The molecule has 6 heteroatoms. The second-order valence-corrected chi connectivity index (χ2v) is 7.36. The molecular weight excluding hydrogens is 326 g/mol. The van der Waals surface area contributed by atoms with Crippen molar-refractivity contribution in [2.45, 2.75) is 25.4 Å². The number of amides is 1. The summed E-state index contributed by atoms with van der Waals surface area (Å²) in [5.74, 6) is 0.106. The molecule has 1 amide bonds. The van der Waals surface area contributed by atoms with Crippen LogP contribution in [0, 0.1) is 0 Å². The second kappa shape index (κ2) is 7.38. The fraction of sp³-hybridized carbons (Fsp3) is 0.615. The van der Waals surface area contributed by atoms with E-state index in [-0.39, 0.29) is 5.91 Å². The first-order valence-corrected chi connectivity index (χ1v) is 8.19. The Labute approximate surface area is 126 Å². The van der Waals surface area contributed by atoms with E-state index in [9.17, 15) is 4.79 Å². The van der Waals surface area contributed by atoms with Crippen molar-refractivity contribution >= 4 is 33.2 Å². The first-order chi connectivity index (χ1) is 9.17. The lowest BCUT2D eigenvalue weighted by atomic mass is 10.1. The van der Waals surface area contributed by atoms with Crippen LogP contribution in [0.4, 0.5) is 0 Å². The van der Waals surface area contributed by atoms with Crippen LogP contribution >= 0.6 is 27.3 Å². The van der Waals surface area contributed by atoms with Gasteiger partial charge in [-0.15, -0.1) is 11.3 Å². The highest BCUT2D eigenvalue weighted by atomic mass is 79.9. The molecule has 4 nitrogen and oxygen atoms in total. The van der Waals surface area contributed by atoms with Crippen LogP contribution in [0.25, 0.3) is 0 Å². The number of thiophene rings is 1. The Morgan fingerprint density at radius 2 is 2.21 bits per heavy atom. The summed E-state index contributed by atoms with van der Waals surface area (Å²) in [6.45, 7) is 3.47. The Hall–Kier alpha value is -0.430. The van der Waals surface area contributed by atoms with Crippen LogP contribution in [0.15, 0.2) is 15.9 Å². The SMILES string of the molecule is CNC(=O)CN1CCC(NCc2ccc(Br)s2)CC1. The minimum atomic E-state index is 0.106. The Balaban J connectivity index is 1.67. The van der Waals surface area contributed by atoms with Gasteiger partial charge in [0, 0.05) is 37.6 Å². The minimum absolute atomic E-state index is 0.106. The number of likely N-dealkylation sites (N-methyl/N-ethyl adjacent to an activating group) is 1. The summed E-state index contributed by atoms with van der Waals surface area (Å²) in [6.07, 6.45) is 2.23. The Morgan fingerprint density at radius 3 is 2.79 bits per heavy atom. The van der Waals surface area contributed by atoms with Crippen LogP contribution in [-0.2, 0) is 11.3 Å². The number of carbonyl (C=O) groups is 1.